The summed E-state index contributed by atoms with van der Waals surface area (Å²) >= 11 is 0. The number of nitrogens with zero attached hydrogens (tertiary/aromatic N) is 1. The van der Waals surface area contributed by atoms with Crippen molar-refractivity contribution in [1.29, 1.82) is 0 Å². The molecule has 1 unspecified atom stereocenters. The number of nitrogens with one attached hydrogen (secondary N) is 2. The molecule has 0 saturated heterocycles. The molecule has 1 heterocycles. The fourth-order valence-corrected chi connectivity index (χ4v) is 3.06. The zero-order valence-corrected chi connectivity index (χ0v) is 13.3. The summed E-state index contributed by atoms with van der Waals surface area (Å²) < 4.78 is 0. The highest BCUT2D eigenvalue weighted by molar-refractivity contribution is 5.84. The van der Waals surface area contributed by atoms with E-state index >= 15 is 0 Å². The zero-order chi connectivity index (χ0) is 16.2. The van der Waals surface area contributed by atoms with Crippen LogP contribution in [-0.4, -0.2) is 42.5 Å². The van der Waals surface area contributed by atoms with Gasteiger partial charge < -0.3 is 21.3 Å². The van der Waals surface area contributed by atoms with Crippen LogP contribution in [0.4, 0.5) is 4.79 Å². The third-order valence-electron chi connectivity index (χ3n) is 4.61. The highest BCUT2D eigenvalue weighted by atomic mass is 16.2. The van der Waals surface area contributed by atoms with Crippen LogP contribution in [0.1, 0.15) is 24.0 Å². The van der Waals surface area contributed by atoms with Crippen LogP contribution in [0.2, 0.25) is 0 Å². The molecule has 4 N–H and O–H groups in total. The van der Waals surface area contributed by atoms with Gasteiger partial charge in [0.15, 0.2) is 0 Å². The average molecular weight is 316 g/mol. The summed E-state index contributed by atoms with van der Waals surface area (Å²) in [5.74, 6) is 0.344. The molecule has 1 atom stereocenters. The Morgan fingerprint density at radius 2 is 2.00 bits per heavy atom. The molecule has 6 heteroatoms. The van der Waals surface area contributed by atoms with Gasteiger partial charge in [0.1, 0.15) is 0 Å². The highest BCUT2D eigenvalue weighted by Crippen LogP contribution is 2.32. The zero-order valence-electron chi connectivity index (χ0n) is 13.3. The molecule has 0 radical (unpaired) electrons. The van der Waals surface area contributed by atoms with Crippen molar-refractivity contribution >= 4 is 11.9 Å². The first-order valence-electron chi connectivity index (χ1n) is 8.26. The molecule has 0 aromatic heterocycles. The van der Waals surface area contributed by atoms with E-state index in [1.165, 1.54) is 11.1 Å². The minimum absolute atomic E-state index is 0.000199. The van der Waals surface area contributed by atoms with Crippen molar-refractivity contribution in [2.24, 2.45) is 11.7 Å². The van der Waals surface area contributed by atoms with E-state index < -0.39 is 0 Å². The standard InChI is InChI=1S/C17H24N4O2/c18-9-15(13-5-6-13)20-16(22)10-19-17(23)21-8-7-12-3-1-2-4-14(12)11-21/h1-4,13,15H,5-11,18H2,(H,19,23)(H,20,22). The lowest BCUT2D eigenvalue weighted by Crippen LogP contribution is -2.49. The normalized spacial score (nSPS) is 18.0. The Balaban J connectivity index is 1.45. The quantitative estimate of drug-likeness (QED) is 0.744. The summed E-state index contributed by atoms with van der Waals surface area (Å²) in [5.41, 5.74) is 8.14. The fraction of sp³-hybridized carbons (Fsp3) is 0.529. The number of urea groups is 1. The second kappa shape index (κ2) is 7.00. The fourth-order valence-electron chi connectivity index (χ4n) is 3.06. The van der Waals surface area contributed by atoms with Gasteiger partial charge in [-0.3, -0.25) is 4.79 Å². The van der Waals surface area contributed by atoms with Crippen molar-refractivity contribution in [3.8, 4) is 0 Å². The van der Waals surface area contributed by atoms with E-state index in [-0.39, 0.29) is 24.5 Å². The molecule has 2 aliphatic rings. The second-order valence-corrected chi connectivity index (χ2v) is 6.35. The predicted molar refractivity (Wildman–Crippen MR) is 87.7 cm³/mol. The van der Waals surface area contributed by atoms with E-state index in [4.69, 9.17) is 5.73 Å². The molecule has 6 nitrogen and oxygen atoms in total. The lowest BCUT2D eigenvalue weighted by atomic mass is 10.0. The van der Waals surface area contributed by atoms with Gasteiger partial charge in [0.2, 0.25) is 5.91 Å². The number of rotatable bonds is 5. The van der Waals surface area contributed by atoms with Gasteiger partial charge in [0.25, 0.3) is 0 Å². The Morgan fingerprint density at radius 1 is 1.26 bits per heavy atom. The number of carbonyl (C=O) groups excluding carboxylic acids is 2. The summed E-state index contributed by atoms with van der Waals surface area (Å²) in [7, 11) is 0. The summed E-state index contributed by atoms with van der Waals surface area (Å²) in [6, 6.07) is 8.00. The molecule has 1 aromatic rings. The molecule has 1 saturated carbocycles. The first kappa shape index (κ1) is 15.8. The second-order valence-electron chi connectivity index (χ2n) is 6.35. The summed E-state index contributed by atoms with van der Waals surface area (Å²) in [6.45, 7) is 1.72. The lowest BCUT2D eigenvalue weighted by Gasteiger charge is -2.29. The SMILES string of the molecule is NCC(NC(=O)CNC(=O)N1CCc2ccccc2C1)C1CC1. The Hall–Kier alpha value is -2.08. The van der Waals surface area contributed by atoms with Crippen molar-refractivity contribution in [1.82, 2.24) is 15.5 Å². The number of hydrogen-bond acceptors (Lipinski definition) is 3. The van der Waals surface area contributed by atoms with Crippen LogP contribution < -0.4 is 16.4 Å². The topological polar surface area (TPSA) is 87.5 Å². The first-order valence-corrected chi connectivity index (χ1v) is 8.26. The molecule has 1 aliphatic heterocycles. The van der Waals surface area contributed by atoms with Crippen molar-refractivity contribution in [2.45, 2.75) is 31.8 Å². The number of amides is 3. The van der Waals surface area contributed by atoms with Crippen molar-refractivity contribution < 1.29 is 9.59 Å². The van der Waals surface area contributed by atoms with Gasteiger partial charge in [-0.1, -0.05) is 24.3 Å². The van der Waals surface area contributed by atoms with Crippen LogP contribution in [0.15, 0.2) is 24.3 Å². The van der Waals surface area contributed by atoms with Crippen LogP contribution in [0.5, 0.6) is 0 Å². The Bertz CT molecular complexity index is 586. The van der Waals surface area contributed by atoms with Gasteiger partial charge in [-0.2, -0.15) is 0 Å². The van der Waals surface area contributed by atoms with Crippen molar-refractivity contribution in [2.75, 3.05) is 19.6 Å². The third kappa shape index (κ3) is 4.01. The average Bonchev–Trinajstić information content (AvgIpc) is 3.42. The Kier molecular flexibility index (Phi) is 4.81. The molecule has 3 amide bonds. The number of fused-ring (bicyclic) bond motifs is 1. The lowest BCUT2D eigenvalue weighted by molar-refractivity contribution is -0.120. The smallest absolute Gasteiger partial charge is 0.318 e. The molecule has 0 spiro atoms. The van der Waals surface area contributed by atoms with E-state index in [9.17, 15) is 9.59 Å². The molecule has 3 rings (SSSR count). The molecule has 1 aromatic carbocycles. The van der Waals surface area contributed by atoms with Gasteiger partial charge in [0, 0.05) is 25.7 Å². The molecular weight excluding hydrogens is 292 g/mol. The summed E-state index contributed by atoms with van der Waals surface area (Å²) in [6.07, 6.45) is 3.11. The molecule has 0 bridgehead atoms. The maximum absolute atomic E-state index is 12.2. The van der Waals surface area contributed by atoms with Gasteiger partial charge >= 0.3 is 6.03 Å². The first-order chi connectivity index (χ1) is 11.2. The van der Waals surface area contributed by atoms with E-state index in [1.807, 2.05) is 18.2 Å². The number of carbonyl (C=O) groups is 2. The third-order valence-corrected chi connectivity index (χ3v) is 4.61. The molecule has 124 valence electrons. The van der Waals surface area contributed by atoms with Gasteiger partial charge in [-0.25, -0.2) is 4.79 Å². The molecule has 1 aliphatic carbocycles. The van der Waals surface area contributed by atoms with Crippen LogP contribution >= 0.6 is 0 Å². The largest absolute Gasteiger partial charge is 0.350 e. The predicted octanol–water partition coefficient (Wildman–Crippen LogP) is 0.608. The van der Waals surface area contributed by atoms with Gasteiger partial charge in [-0.05, 0) is 36.3 Å². The minimum atomic E-state index is -0.189. The van der Waals surface area contributed by atoms with Gasteiger partial charge in [0.05, 0.1) is 6.54 Å². The molecule has 1 fully saturated rings. The number of hydrogen-bond donors (Lipinski definition) is 3. The monoisotopic (exact) mass is 316 g/mol. The van der Waals surface area contributed by atoms with Crippen molar-refractivity contribution in [3.05, 3.63) is 35.4 Å². The molecule has 23 heavy (non-hydrogen) atoms. The highest BCUT2D eigenvalue weighted by Gasteiger charge is 2.31. The van der Waals surface area contributed by atoms with E-state index in [0.29, 0.717) is 25.6 Å². The number of nitrogens with two attached hydrogens (primary N) is 1. The van der Waals surface area contributed by atoms with Crippen LogP contribution in [0, 0.1) is 5.92 Å². The van der Waals surface area contributed by atoms with E-state index in [2.05, 4.69) is 16.7 Å². The van der Waals surface area contributed by atoms with Gasteiger partial charge in [-0.15, -0.1) is 0 Å². The minimum Gasteiger partial charge on any atom is -0.350 e. The van der Waals surface area contributed by atoms with Crippen LogP contribution in [0.3, 0.4) is 0 Å². The summed E-state index contributed by atoms with van der Waals surface area (Å²) in [5, 5.41) is 5.61. The summed E-state index contributed by atoms with van der Waals surface area (Å²) in [4.78, 5) is 25.9. The van der Waals surface area contributed by atoms with Crippen molar-refractivity contribution in [3.63, 3.8) is 0 Å². The Labute approximate surface area is 136 Å². The van der Waals surface area contributed by atoms with Crippen LogP contribution in [0.25, 0.3) is 0 Å². The van der Waals surface area contributed by atoms with E-state index in [0.717, 1.165) is 19.3 Å². The van der Waals surface area contributed by atoms with Crippen LogP contribution in [-0.2, 0) is 17.8 Å². The maximum atomic E-state index is 12.2. The number of benzene rings is 1. The molecular formula is C17H24N4O2. The maximum Gasteiger partial charge on any atom is 0.318 e. The van der Waals surface area contributed by atoms with E-state index in [1.54, 1.807) is 4.90 Å². The Morgan fingerprint density at radius 3 is 2.70 bits per heavy atom.